The number of benzene rings is 2. The molecule has 1 saturated heterocycles. The van der Waals surface area contributed by atoms with Gasteiger partial charge in [0, 0.05) is 15.8 Å². The molecule has 1 aliphatic heterocycles. The second-order valence-electron chi connectivity index (χ2n) is 5.06. The van der Waals surface area contributed by atoms with Gasteiger partial charge in [0.05, 0.1) is 6.61 Å². The van der Waals surface area contributed by atoms with E-state index >= 15 is 0 Å². The molecule has 0 bridgehead atoms. The van der Waals surface area contributed by atoms with Gasteiger partial charge in [-0.25, -0.2) is 0 Å². The van der Waals surface area contributed by atoms with Crippen LogP contribution in [-0.2, 0) is 16.3 Å². The normalized spacial score (nSPS) is 21.4. The fraction of sp³-hybridized carbons (Fsp3) is 0.294. The fourth-order valence-corrected chi connectivity index (χ4v) is 4.16. The molecular formula is C17H17BrO2S. The summed E-state index contributed by atoms with van der Waals surface area (Å²) in [6.45, 7) is 3.49. The first-order valence-electron chi connectivity index (χ1n) is 6.92. The van der Waals surface area contributed by atoms with E-state index in [0.717, 1.165) is 28.1 Å². The summed E-state index contributed by atoms with van der Waals surface area (Å²) in [6, 6.07) is 16.3. The van der Waals surface area contributed by atoms with Crippen molar-refractivity contribution in [2.75, 3.05) is 12.4 Å². The van der Waals surface area contributed by atoms with Crippen molar-refractivity contribution in [2.24, 2.45) is 0 Å². The zero-order chi connectivity index (χ0) is 14.7. The average molecular weight is 365 g/mol. The third-order valence-electron chi connectivity index (χ3n) is 3.51. The molecule has 21 heavy (non-hydrogen) atoms. The van der Waals surface area contributed by atoms with Gasteiger partial charge in [0.15, 0.2) is 0 Å². The summed E-state index contributed by atoms with van der Waals surface area (Å²) in [5, 5.41) is 0. The number of hydrogen-bond donors (Lipinski definition) is 0. The Labute approximate surface area is 138 Å². The van der Waals surface area contributed by atoms with Crippen LogP contribution >= 0.6 is 27.7 Å². The first kappa shape index (κ1) is 14.9. The van der Waals surface area contributed by atoms with Gasteiger partial charge in [-0.15, -0.1) is 11.8 Å². The van der Waals surface area contributed by atoms with Gasteiger partial charge >= 0.3 is 0 Å². The minimum Gasteiger partial charge on any atom is -0.489 e. The van der Waals surface area contributed by atoms with Crippen LogP contribution < -0.4 is 4.74 Å². The molecule has 2 aromatic rings. The molecule has 0 spiro atoms. The lowest BCUT2D eigenvalue weighted by molar-refractivity contribution is 0.0636. The molecule has 0 radical (unpaired) electrons. The van der Waals surface area contributed by atoms with Gasteiger partial charge in [-0.05, 0) is 30.7 Å². The molecule has 110 valence electrons. The van der Waals surface area contributed by atoms with Gasteiger partial charge in [-0.2, -0.15) is 0 Å². The molecule has 2 aromatic carbocycles. The predicted molar refractivity (Wildman–Crippen MR) is 90.7 cm³/mol. The second kappa shape index (κ2) is 6.42. The van der Waals surface area contributed by atoms with Crippen molar-refractivity contribution in [3.8, 4) is 5.75 Å². The molecule has 0 saturated carbocycles. The summed E-state index contributed by atoms with van der Waals surface area (Å²) >= 11 is 5.45. The van der Waals surface area contributed by atoms with Crippen LogP contribution in [0.15, 0.2) is 53.0 Å². The maximum absolute atomic E-state index is 5.91. The fourth-order valence-electron chi connectivity index (χ4n) is 2.35. The van der Waals surface area contributed by atoms with Gasteiger partial charge in [-0.3, -0.25) is 0 Å². The van der Waals surface area contributed by atoms with Crippen LogP contribution in [0.25, 0.3) is 0 Å². The standard InChI is InChI=1S/C17H17BrO2S/c1-17(20-9-10-21-17)15-11-14(7-8-16(15)18)19-12-13-5-3-2-4-6-13/h2-8,11H,9-10,12H2,1H3. The molecule has 1 unspecified atom stereocenters. The monoisotopic (exact) mass is 364 g/mol. The molecule has 1 aliphatic rings. The van der Waals surface area contributed by atoms with E-state index in [1.165, 1.54) is 5.56 Å². The van der Waals surface area contributed by atoms with Crippen LogP contribution in [0.4, 0.5) is 0 Å². The Morgan fingerprint density at radius 1 is 1.24 bits per heavy atom. The third kappa shape index (κ3) is 3.44. The molecular weight excluding hydrogens is 348 g/mol. The van der Waals surface area contributed by atoms with Crippen molar-refractivity contribution in [3.05, 3.63) is 64.1 Å². The van der Waals surface area contributed by atoms with E-state index in [9.17, 15) is 0 Å². The SMILES string of the molecule is CC1(c2cc(OCc3ccccc3)ccc2Br)OCCS1. The highest BCUT2D eigenvalue weighted by molar-refractivity contribution is 9.10. The van der Waals surface area contributed by atoms with Gasteiger partial charge in [-0.1, -0.05) is 46.3 Å². The smallest absolute Gasteiger partial charge is 0.137 e. The Kier molecular flexibility index (Phi) is 4.57. The number of rotatable bonds is 4. The Morgan fingerprint density at radius 2 is 2.05 bits per heavy atom. The lowest BCUT2D eigenvalue weighted by atomic mass is 10.1. The van der Waals surface area contributed by atoms with Crippen molar-refractivity contribution in [3.63, 3.8) is 0 Å². The van der Waals surface area contributed by atoms with Crippen LogP contribution in [0.5, 0.6) is 5.75 Å². The third-order valence-corrected chi connectivity index (χ3v) is 5.46. The Bertz CT molecular complexity index is 609. The zero-order valence-electron chi connectivity index (χ0n) is 11.8. The molecule has 0 N–H and O–H groups in total. The van der Waals surface area contributed by atoms with Gasteiger partial charge in [0.2, 0.25) is 0 Å². The molecule has 1 fully saturated rings. The van der Waals surface area contributed by atoms with Crippen molar-refractivity contribution in [2.45, 2.75) is 18.5 Å². The minimum absolute atomic E-state index is 0.287. The molecule has 0 aliphatic carbocycles. The second-order valence-corrected chi connectivity index (χ2v) is 7.39. The molecule has 3 rings (SSSR count). The Balaban J connectivity index is 1.78. The van der Waals surface area contributed by atoms with Crippen molar-refractivity contribution in [1.29, 1.82) is 0 Å². The van der Waals surface area contributed by atoms with E-state index in [1.54, 1.807) is 0 Å². The van der Waals surface area contributed by atoms with E-state index < -0.39 is 0 Å². The zero-order valence-corrected chi connectivity index (χ0v) is 14.2. The number of ether oxygens (including phenoxy) is 2. The van der Waals surface area contributed by atoms with Crippen LogP contribution in [0.1, 0.15) is 18.1 Å². The van der Waals surface area contributed by atoms with E-state index in [1.807, 2.05) is 42.1 Å². The van der Waals surface area contributed by atoms with E-state index in [2.05, 4.69) is 41.1 Å². The summed E-state index contributed by atoms with van der Waals surface area (Å²) in [6.07, 6.45) is 0. The number of thioether (sulfide) groups is 1. The maximum atomic E-state index is 5.91. The summed E-state index contributed by atoms with van der Waals surface area (Å²) in [4.78, 5) is -0.287. The van der Waals surface area contributed by atoms with E-state index in [4.69, 9.17) is 9.47 Å². The van der Waals surface area contributed by atoms with Crippen molar-refractivity contribution < 1.29 is 9.47 Å². The molecule has 0 aromatic heterocycles. The van der Waals surface area contributed by atoms with Crippen molar-refractivity contribution >= 4 is 27.7 Å². The quantitative estimate of drug-likeness (QED) is 0.763. The number of halogens is 1. The lowest BCUT2D eigenvalue weighted by Crippen LogP contribution is -2.17. The summed E-state index contributed by atoms with van der Waals surface area (Å²) < 4.78 is 12.9. The molecule has 4 heteroatoms. The summed E-state index contributed by atoms with van der Waals surface area (Å²) in [7, 11) is 0. The average Bonchev–Trinajstić information content (AvgIpc) is 2.95. The van der Waals surface area contributed by atoms with Gasteiger partial charge in [0.1, 0.15) is 17.3 Å². The Morgan fingerprint density at radius 3 is 2.76 bits per heavy atom. The highest BCUT2D eigenvalue weighted by Crippen LogP contribution is 2.45. The molecule has 0 amide bonds. The van der Waals surface area contributed by atoms with Crippen LogP contribution in [0.2, 0.25) is 0 Å². The first-order chi connectivity index (χ1) is 10.2. The lowest BCUT2D eigenvalue weighted by Gasteiger charge is -2.24. The topological polar surface area (TPSA) is 18.5 Å². The van der Waals surface area contributed by atoms with Gasteiger partial charge < -0.3 is 9.47 Å². The highest BCUT2D eigenvalue weighted by atomic mass is 79.9. The first-order valence-corrected chi connectivity index (χ1v) is 8.70. The molecule has 1 atom stereocenters. The van der Waals surface area contributed by atoms with Gasteiger partial charge in [0.25, 0.3) is 0 Å². The Hall–Kier alpha value is -0.970. The van der Waals surface area contributed by atoms with Crippen LogP contribution in [0.3, 0.4) is 0 Å². The highest BCUT2D eigenvalue weighted by Gasteiger charge is 2.34. The summed E-state index contributed by atoms with van der Waals surface area (Å²) in [5.41, 5.74) is 2.30. The minimum atomic E-state index is -0.287. The van der Waals surface area contributed by atoms with Crippen LogP contribution in [0, 0.1) is 0 Å². The van der Waals surface area contributed by atoms with Crippen LogP contribution in [-0.4, -0.2) is 12.4 Å². The predicted octanol–water partition coefficient (Wildman–Crippen LogP) is 4.96. The van der Waals surface area contributed by atoms with E-state index in [-0.39, 0.29) is 4.93 Å². The van der Waals surface area contributed by atoms with E-state index in [0.29, 0.717) is 6.61 Å². The summed E-state index contributed by atoms with van der Waals surface area (Å²) in [5.74, 6) is 1.90. The largest absolute Gasteiger partial charge is 0.489 e. The number of hydrogen-bond acceptors (Lipinski definition) is 3. The molecule has 1 heterocycles. The maximum Gasteiger partial charge on any atom is 0.137 e. The van der Waals surface area contributed by atoms with Crippen molar-refractivity contribution in [1.82, 2.24) is 0 Å². The molecule has 2 nitrogen and oxygen atoms in total.